The second-order valence-corrected chi connectivity index (χ2v) is 6.83. The number of amides is 1. The summed E-state index contributed by atoms with van der Waals surface area (Å²) < 4.78 is 5.46. The van der Waals surface area contributed by atoms with E-state index in [1.54, 1.807) is 0 Å². The fraction of sp³-hybridized carbons (Fsp3) is 0.923. The van der Waals surface area contributed by atoms with Crippen LogP contribution in [0.2, 0.25) is 6.32 Å². The van der Waals surface area contributed by atoms with E-state index in [4.69, 9.17) is 14.8 Å². The first-order valence-electron chi connectivity index (χ1n) is 7.13. The lowest BCUT2D eigenvalue weighted by Crippen LogP contribution is -2.48. The van der Waals surface area contributed by atoms with Gasteiger partial charge in [-0.3, -0.25) is 0 Å². The lowest BCUT2D eigenvalue weighted by molar-refractivity contribution is 0.00294. The van der Waals surface area contributed by atoms with Gasteiger partial charge in [0.05, 0.1) is 0 Å². The zero-order valence-electron chi connectivity index (χ0n) is 12.0. The molecule has 5 nitrogen and oxygen atoms in total. The topological polar surface area (TPSA) is 70.0 Å². The van der Waals surface area contributed by atoms with Gasteiger partial charge in [0.2, 0.25) is 0 Å². The van der Waals surface area contributed by atoms with Gasteiger partial charge in [-0.05, 0) is 58.7 Å². The molecule has 0 spiro atoms. The summed E-state index contributed by atoms with van der Waals surface area (Å²) in [6.45, 7) is 5.63. The van der Waals surface area contributed by atoms with Gasteiger partial charge in [-0.25, -0.2) is 4.79 Å². The molecule has 0 aromatic heterocycles. The highest BCUT2D eigenvalue weighted by molar-refractivity contribution is 6.41. The zero-order chi connectivity index (χ0) is 14.2. The number of carbonyl (C=O) groups is 1. The molecule has 0 aliphatic carbocycles. The summed E-state index contributed by atoms with van der Waals surface area (Å²) in [5.41, 5.74) is -0.464. The first kappa shape index (κ1) is 14.7. The maximum atomic E-state index is 12.2. The molecule has 0 aromatic carbocycles. The van der Waals surface area contributed by atoms with Gasteiger partial charge >= 0.3 is 13.2 Å². The SMILES string of the molecule is CC(C)(C)OC(=O)N1[C@H]2CC[C@H]1CC(CB(O)O)C2. The molecular weight excluding hydrogens is 245 g/mol. The third-order valence-corrected chi connectivity index (χ3v) is 3.98. The number of nitrogens with zero attached hydrogens (tertiary/aromatic N) is 1. The summed E-state index contributed by atoms with van der Waals surface area (Å²) in [5, 5.41) is 18.2. The van der Waals surface area contributed by atoms with E-state index < -0.39 is 12.7 Å². The van der Waals surface area contributed by atoms with Crippen LogP contribution in [-0.2, 0) is 4.74 Å². The Morgan fingerprint density at radius 3 is 2.21 bits per heavy atom. The van der Waals surface area contributed by atoms with Crippen LogP contribution in [0.3, 0.4) is 0 Å². The molecule has 2 N–H and O–H groups in total. The lowest BCUT2D eigenvalue weighted by Gasteiger charge is -2.39. The van der Waals surface area contributed by atoms with Crippen molar-refractivity contribution in [1.29, 1.82) is 0 Å². The fourth-order valence-electron chi connectivity index (χ4n) is 3.39. The second-order valence-electron chi connectivity index (χ2n) is 6.83. The lowest BCUT2D eigenvalue weighted by atomic mass is 9.73. The summed E-state index contributed by atoms with van der Waals surface area (Å²) in [5.74, 6) is 0.302. The van der Waals surface area contributed by atoms with Crippen molar-refractivity contribution in [3.05, 3.63) is 0 Å². The molecule has 2 aliphatic rings. The minimum Gasteiger partial charge on any atom is -0.444 e. The van der Waals surface area contributed by atoms with Crippen LogP contribution in [-0.4, -0.2) is 45.8 Å². The molecule has 0 unspecified atom stereocenters. The maximum absolute atomic E-state index is 12.2. The van der Waals surface area contributed by atoms with Crippen LogP contribution in [0.1, 0.15) is 46.5 Å². The predicted molar refractivity (Wildman–Crippen MR) is 72.6 cm³/mol. The molecule has 2 rings (SSSR count). The van der Waals surface area contributed by atoms with Gasteiger partial charge in [0.15, 0.2) is 0 Å². The number of fused-ring (bicyclic) bond motifs is 2. The van der Waals surface area contributed by atoms with Gasteiger partial charge in [0.25, 0.3) is 0 Å². The van der Waals surface area contributed by atoms with E-state index in [1.165, 1.54) is 0 Å². The van der Waals surface area contributed by atoms with Crippen molar-refractivity contribution >= 4 is 13.2 Å². The van der Waals surface area contributed by atoms with Crippen molar-refractivity contribution in [2.45, 2.75) is 70.5 Å². The van der Waals surface area contributed by atoms with Crippen molar-refractivity contribution in [3.63, 3.8) is 0 Å². The van der Waals surface area contributed by atoms with E-state index in [2.05, 4.69) is 0 Å². The quantitative estimate of drug-likeness (QED) is 0.747. The molecular formula is C13H24BNO4. The number of piperidine rings is 1. The van der Waals surface area contributed by atoms with E-state index in [0.717, 1.165) is 25.7 Å². The molecule has 19 heavy (non-hydrogen) atoms. The number of carbonyl (C=O) groups excluding carboxylic acids is 1. The van der Waals surface area contributed by atoms with Gasteiger partial charge < -0.3 is 19.7 Å². The van der Waals surface area contributed by atoms with E-state index in [-0.39, 0.29) is 18.2 Å². The van der Waals surface area contributed by atoms with Crippen molar-refractivity contribution in [1.82, 2.24) is 4.90 Å². The molecule has 2 heterocycles. The van der Waals surface area contributed by atoms with Crippen molar-refractivity contribution in [3.8, 4) is 0 Å². The van der Waals surface area contributed by atoms with E-state index in [9.17, 15) is 4.79 Å². The summed E-state index contributed by atoms with van der Waals surface area (Å²) >= 11 is 0. The first-order valence-corrected chi connectivity index (χ1v) is 7.13. The smallest absolute Gasteiger partial charge is 0.444 e. The molecule has 2 fully saturated rings. The van der Waals surface area contributed by atoms with Crippen LogP contribution in [0.5, 0.6) is 0 Å². The molecule has 108 valence electrons. The normalized spacial score (nSPS) is 30.4. The van der Waals surface area contributed by atoms with Gasteiger partial charge in [0, 0.05) is 12.1 Å². The monoisotopic (exact) mass is 269 g/mol. The third kappa shape index (κ3) is 3.63. The molecule has 2 bridgehead atoms. The average Bonchev–Trinajstić information content (AvgIpc) is 2.47. The maximum Gasteiger partial charge on any atom is 0.451 e. The van der Waals surface area contributed by atoms with Crippen LogP contribution < -0.4 is 0 Å². The Kier molecular flexibility index (Phi) is 4.11. The largest absolute Gasteiger partial charge is 0.451 e. The number of hydrogen-bond acceptors (Lipinski definition) is 4. The minimum atomic E-state index is -1.24. The summed E-state index contributed by atoms with van der Waals surface area (Å²) in [7, 11) is -1.24. The Labute approximate surface area is 115 Å². The van der Waals surface area contributed by atoms with Gasteiger partial charge in [-0.2, -0.15) is 0 Å². The summed E-state index contributed by atoms with van der Waals surface area (Å²) in [6.07, 6.45) is 3.91. The van der Waals surface area contributed by atoms with Crippen LogP contribution in [0.15, 0.2) is 0 Å². The number of hydrogen-bond donors (Lipinski definition) is 2. The van der Waals surface area contributed by atoms with Gasteiger partial charge in [0.1, 0.15) is 5.60 Å². The van der Waals surface area contributed by atoms with Gasteiger partial charge in [-0.15, -0.1) is 0 Å². The molecule has 2 atom stereocenters. The molecule has 1 amide bonds. The van der Waals surface area contributed by atoms with E-state index in [0.29, 0.717) is 12.2 Å². The standard InChI is InChI=1S/C13H24BNO4/c1-13(2,3)19-12(16)15-10-4-5-11(15)7-9(6-10)8-14(17)18/h9-11,17-18H,4-8H2,1-3H3/t10-,11-/m0/s1. The van der Waals surface area contributed by atoms with Crippen molar-refractivity contribution < 1.29 is 19.6 Å². The Morgan fingerprint density at radius 1 is 1.26 bits per heavy atom. The highest BCUT2D eigenvalue weighted by Crippen LogP contribution is 2.40. The number of ether oxygens (including phenoxy) is 1. The van der Waals surface area contributed by atoms with Gasteiger partial charge in [-0.1, -0.05) is 0 Å². The van der Waals surface area contributed by atoms with E-state index in [1.807, 2.05) is 25.7 Å². The van der Waals surface area contributed by atoms with Crippen molar-refractivity contribution in [2.75, 3.05) is 0 Å². The Hall–Kier alpha value is -0.745. The molecule has 2 aliphatic heterocycles. The third-order valence-electron chi connectivity index (χ3n) is 3.98. The fourth-order valence-corrected chi connectivity index (χ4v) is 3.39. The first-order chi connectivity index (χ1) is 8.76. The predicted octanol–water partition coefficient (Wildman–Crippen LogP) is 1.64. The van der Waals surface area contributed by atoms with Crippen molar-refractivity contribution in [2.24, 2.45) is 5.92 Å². The Bertz CT molecular complexity index is 328. The minimum absolute atomic E-state index is 0.206. The van der Waals surface area contributed by atoms with Crippen LogP contribution in [0, 0.1) is 5.92 Å². The Balaban J connectivity index is 1.97. The molecule has 0 radical (unpaired) electrons. The average molecular weight is 269 g/mol. The van der Waals surface area contributed by atoms with Crippen LogP contribution in [0.4, 0.5) is 4.79 Å². The molecule has 6 heteroatoms. The molecule has 0 aromatic rings. The second kappa shape index (κ2) is 5.33. The summed E-state index contributed by atoms with van der Waals surface area (Å²) in [4.78, 5) is 14.1. The van der Waals surface area contributed by atoms with Crippen LogP contribution in [0.25, 0.3) is 0 Å². The highest BCUT2D eigenvalue weighted by atomic mass is 16.6. The van der Waals surface area contributed by atoms with E-state index >= 15 is 0 Å². The van der Waals surface area contributed by atoms with Crippen LogP contribution >= 0.6 is 0 Å². The summed E-state index contributed by atoms with van der Waals surface area (Å²) in [6, 6.07) is 0.412. The highest BCUT2D eigenvalue weighted by Gasteiger charge is 2.45. The molecule has 0 saturated carbocycles. The Morgan fingerprint density at radius 2 is 1.79 bits per heavy atom. The number of rotatable bonds is 2. The zero-order valence-corrected chi connectivity index (χ0v) is 12.0. The molecule has 2 saturated heterocycles.